The first kappa shape index (κ1) is 14.6. The Labute approximate surface area is 126 Å². The van der Waals surface area contributed by atoms with E-state index in [0.717, 1.165) is 28.6 Å². The van der Waals surface area contributed by atoms with E-state index in [-0.39, 0.29) is 5.56 Å². The first-order valence-electron chi connectivity index (χ1n) is 6.37. The molecule has 1 atom stereocenters. The number of hydrogen-bond donors (Lipinski definition) is 1. The maximum Gasteiger partial charge on any atom is 0.261 e. The topological polar surface area (TPSA) is 34.9 Å². The third-order valence-corrected chi connectivity index (χ3v) is 4.02. The van der Waals surface area contributed by atoms with Crippen molar-refractivity contribution in [2.75, 3.05) is 5.75 Å². The predicted octanol–water partition coefficient (Wildman–Crippen LogP) is 3.51. The second-order valence-corrected chi connectivity index (χ2v) is 6.17. The number of rotatable bonds is 5. The number of aromatic nitrogens is 2. The molecular formula is C14H17BrN2OS. The Balaban J connectivity index is 2.25. The van der Waals surface area contributed by atoms with Crippen LogP contribution in [0.3, 0.4) is 0 Å². The van der Waals surface area contributed by atoms with E-state index in [1.54, 1.807) is 10.9 Å². The summed E-state index contributed by atoms with van der Waals surface area (Å²) in [7, 11) is 0. The standard InChI is InChI=1S/C14H17BrN2OS/c1-10(5-7-19)4-6-17-9-16-13-3-2-11(15)8-12(13)14(17)18/h2-3,8-10,19H,4-7H2,1H3. The number of thiol groups is 1. The lowest BCUT2D eigenvalue weighted by atomic mass is 10.1. The number of hydrogen-bond acceptors (Lipinski definition) is 3. The largest absolute Gasteiger partial charge is 0.299 e. The molecule has 1 unspecified atom stereocenters. The SMILES string of the molecule is CC(CCS)CCn1cnc2ccc(Br)cc2c1=O. The number of benzene rings is 1. The van der Waals surface area contributed by atoms with Crippen molar-refractivity contribution in [2.24, 2.45) is 5.92 Å². The van der Waals surface area contributed by atoms with Crippen molar-refractivity contribution in [3.05, 3.63) is 39.4 Å². The Hall–Kier alpha value is -0.810. The van der Waals surface area contributed by atoms with Crippen LogP contribution in [0.25, 0.3) is 10.9 Å². The normalized spacial score (nSPS) is 12.8. The van der Waals surface area contributed by atoms with Crippen molar-refractivity contribution >= 4 is 39.5 Å². The van der Waals surface area contributed by atoms with Gasteiger partial charge in [-0.15, -0.1) is 0 Å². The molecule has 0 aliphatic heterocycles. The fraction of sp³-hybridized carbons (Fsp3) is 0.429. The molecule has 1 aromatic heterocycles. The molecular weight excluding hydrogens is 324 g/mol. The lowest BCUT2D eigenvalue weighted by Gasteiger charge is -2.11. The minimum Gasteiger partial charge on any atom is -0.299 e. The number of fused-ring (bicyclic) bond motifs is 1. The van der Waals surface area contributed by atoms with E-state index in [1.807, 2.05) is 18.2 Å². The van der Waals surface area contributed by atoms with Crippen molar-refractivity contribution in [1.82, 2.24) is 9.55 Å². The summed E-state index contributed by atoms with van der Waals surface area (Å²) in [4.78, 5) is 16.7. The van der Waals surface area contributed by atoms with E-state index >= 15 is 0 Å². The molecule has 5 heteroatoms. The van der Waals surface area contributed by atoms with E-state index < -0.39 is 0 Å². The molecule has 1 heterocycles. The minimum absolute atomic E-state index is 0.0318. The van der Waals surface area contributed by atoms with E-state index in [9.17, 15) is 4.79 Å². The molecule has 19 heavy (non-hydrogen) atoms. The molecule has 1 aromatic carbocycles. The van der Waals surface area contributed by atoms with Crippen molar-refractivity contribution < 1.29 is 0 Å². The van der Waals surface area contributed by atoms with Crippen LogP contribution >= 0.6 is 28.6 Å². The molecule has 0 bridgehead atoms. The fourth-order valence-corrected chi connectivity index (χ4v) is 2.82. The lowest BCUT2D eigenvalue weighted by Crippen LogP contribution is -2.21. The van der Waals surface area contributed by atoms with Crippen LogP contribution in [0.15, 0.2) is 33.8 Å². The van der Waals surface area contributed by atoms with Crippen LogP contribution in [0.2, 0.25) is 0 Å². The summed E-state index contributed by atoms with van der Waals surface area (Å²) in [5, 5.41) is 0.665. The summed E-state index contributed by atoms with van der Waals surface area (Å²) in [5.74, 6) is 1.46. The van der Waals surface area contributed by atoms with Crippen molar-refractivity contribution in [2.45, 2.75) is 26.3 Å². The molecule has 0 aliphatic carbocycles. The van der Waals surface area contributed by atoms with Gasteiger partial charge in [-0.3, -0.25) is 9.36 Å². The van der Waals surface area contributed by atoms with Gasteiger partial charge in [0, 0.05) is 11.0 Å². The van der Waals surface area contributed by atoms with Gasteiger partial charge in [0.15, 0.2) is 0 Å². The van der Waals surface area contributed by atoms with Gasteiger partial charge in [0.25, 0.3) is 5.56 Å². The molecule has 0 amide bonds. The molecule has 2 aromatic rings. The van der Waals surface area contributed by atoms with E-state index in [4.69, 9.17) is 0 Å². The third-order valence-electron chi connectivity index (χ3n) is 3.27. The smallest absolute Gasteiger partial charge is 0.261 e. The second kappa shape index (κ2) is 6.57. The summed E-state index contributed by atoms with van der Waals surface area (Å²) >= 11 is 7.62. The van der Waals surface area contributed by atoms with Crippen molar-refractivity contribution in [3.8, 4) is 0 Å². The average Bonchev–Trinajstić information content (AvgIpc) is 2.39. The second-order valence-electron chi connectivity index (χ2n) is 4.81. The predicted molar refractivity (Wildman–Crippen MR) is 86.0 cm³/mol. The number of halogens is 1. The van der Waals surface area contributed by atoms with Gasteiger partial charge in [-0.1, -0.05) is 22.9 Å². The van der Waals surface area contributed by atoms with Crippen LogP contribution in [-0.2, 0) is 6.54 Å². The zero-order valence-corrected chi connectivity index (χ0v) is 13.3. The maximum atomic E-state index is 12.3. The van der Waals surface area contributed by atoms with Crippen LogP contribution in [-0.4, -0.2) is 15.3 Å². The Morgan fingerprint density at radius 1 is 1.42 bits per heavy atom. The number of aryl methyl sites for hydroxylation is 1. The molecule has 0 saturated carbocycles. The zero-order chi connectivity index (χ0) is 13.8. The van der Waals surface area contributed by atoms with Gasteiger partial charge in [0.05, 0.1) is 17.2 Å². The van der Waals surface area contributed by atoms with Gasteiger partial charge in [0.1, 0.15) is 0 Å². The van der Waals surface area contributed by atoms with Gasteiger partial charge in [-0.25, -0.2) is 4.98 Å². The van der Waals surface area contributed by atoms with Gasteiger partial charge in [0.2, 0.25) is 0 Å². The summed E-state index contributed by atoms with van der Waals surface area (Å²) < 4.78 is 2.60. The van der Waals surface area contributed by atoms with Crippen LogP contribution in [0, 0.1) is 5.92 Å². The zero-order valence-electron chi connectivity index (χ0n) is 10.8. The van der Waals surface area contributed by atoms with Gasteiger partial charge in [-0.2, -0.15) is 12.6 Å². The monoisotopic (exact) mass is 340 g/mol. The lowest BCUT2D eigenvalue weighted by molar-refractivity contribution is 0.465. The van der Waals surface area contributed by atoms with E-state index in [1.165, 1.54) is 0 Å². The summed E-state index contributed by atoms with van der Waals surface area (Å²) in [6.07, 6.45) is 3.69. The summed E-state index contributed by atoms with van der Waals surface area (Å²) in [6.45, 7) is 2.90. The van der Waals surface area contributed by atoms with E-state index in [2.05, 4.69) is 40.5 Å². The highest BCUT2D eigenvalue weighted by Gasteiger charge is 2.06. The highest BCUT2D eigenvalue weighted by atomic mass is 79.9. The molecule has 0 radical (unpaired) electrons. The third kappa shape index (κ3) is 3.60. The summed E-state index contributed by atoms with van der Waals surface area (Å²) in [6, 6.07) is 5.58. The fourth-order valence-electron chi connectivity index (χ4n) is 2.01. The molecule has 3 nitrogen and oxygen atoms in total. The molecule has 102 valence electrons. The van der Waals surface area contributed by atoms with Crippen LogP contribution in [0.5, 0.6) is 0 Å². The quantitative estimate of drug-likeness (QED) is 0.845. The Kier molecular flexibility index (Phi) is 5.05. The molecule has 0 fully saturated rings. The Morgan fingerprint density at radius 2 is 2.21 bits per heavy atom. The molecule has 0 saturated heterocycles. The first-order valence-corrected chi connectivity index (χ1v) is 7.80. The Morgan fingerprint density at radius 3 is 2.95 bits per heavy atom. The highest BCUT2D eigenvalue weighted by Crippen LogP contribution is 2.15. The molecule has 0 spiro atoms. The minimum atomic E-state index is 0.0318. The highest BCUT2D eigenvalue weighted by molar-refractivity contribution is 9.10. The van der Waals surface area contributed by atoms with Gasteiger partial charge < -0.3 is 0 Å². The maximum absolute atomic E-state index is 12.3. The van der Waals surface area contributed by atoms with Crippen LogP contribution in [0.4, 0.5) is 0 Å². The molecule has 0 N–H and O–H groups in total. The first-order chi connectivity index (χ1) is 9.11. The van der Waals surface area contributed by atoms with Crippen LogP contribution < -0.4 is 5.56 Å². The number of nitrogens with zero attached hydrogens (tertiary/aromatic N) is 2. The van der Waals surface area contributed by atoms with E-state index in [0.29, 0.717) is 17.8 Å². The Bertz CT molecular complexity index is 626. The van der Waals surface area contributed by atoms with Crippen LogP contribution in [0.1, 0.15) is 19.8 Å². The van der Waals surface area contributed by atoms with Gasteiger partial charge >= 0.3 is 0 Å². The van der Waals surface area contributed by atoms with Gasteiger partial charge in [-0.05, 0) is 42.7 Å². The summed E-state index contributed by atoms with van der Waals surface area (Å²) in [5.41, 5.74) is 0.775. The van der Waals surface area contributed by atoms with Crippen molar-refractivity contribution in [3.63, 3.8) is 0 Å². The van der Waals surface area contributed by atoms with Crippen molar-refractivity contribution in [1.29, 1.82) is 0 Å². The molecule has 0 aliphatic rings. The molecule has 2 rings (SSSR count). The average molecular weight is 341 g/mol.